The van der Waals surface area contributed by atoms with E-state index in [1.807, 2.05) is 77.1 Å². The zero-order valence-electron chi connectivity index (χ0n) is 22.7. The first-order valence-electron chi connectivity index (χ1n) is 12.7. The number of rotatable bonds is 9. The van der Waals surface area contributed by atoms with E-state index in [4.69, 9.17) is 9.47 Å². The Hall–Kier alpha value is -3.80. The first kappa shape index (κ1) is 27.8. The Balaban J connectivity index is 1.75. The van der Waals surface area contributed by atoms with E-state index in [1.54, 1.807) is 11.0 Å². The number of hydrogen-bond acceptors (Lipinski definition) is 5. The number of amides is 1. The monoisotopic (exact) mass is 502 g/mol. The predicted molar refractivity (Wildman–Crippen MR) is 149 cm³/mol. The third-order valence-electron chi connectivity index (χ3n) is 5.69. The van der Waals surface area contributed by atoms with Gasteiger partial charge in [0.05, 0.1) is 12.7 Å². The van der Waals surface area contributed by atoms with Crippen molar-refractivity contribution in [2.45, 2.75) is 59.2 Å². The predicted octanol–water partition coefficient (Wildman–Crippen LogP) is 6.94. The van der Waals surface area contributed by atoms with Gasteiger partial charge in [-0.3, -0.25) is 0 Å². The molecule has 0 unspecified atom stereocenters. The second-order valence-corrected chi connectivity index (χ2v) is 10.4. The molecule has 6 heteroatoms. The molecule has 0 bridgehead atoms. The van der Waals surface area contributed by atoms with Crippen LogP contribution in [-0.2, 0) is 22.4 Å². The van der Waals surface area contributed by atoms with E-state index < -0.39 is 5.60 Å². The summed E-state index contributed by atoms with van der Waals surface area (Å²) in [4.78, 5) is 26.8. The molecule has 0 fully saturated rings. The van der Waals surface area contributed by atoms with Crippen LogP contribution in [0.5, 0.6) is 0 Å². The Kier molecular flexibility index (Phi) is 9.34. The zero-order chi connectivity index (χ0) is 27.0. The maximum absolute atomic E-state index is 12.9. The van der Waals surface area contributed by atoms with Crippen molar-refractivity contribution in [3.63, 3.8) is 0 Å². The number of benzene rings is 3. The summed E-state index contributed by atoms with van der Waals surface area (Å²) < 4.78 is 10.6. The topological polar surface area (TPSA) is 67.9 Å². The van der Waals surface area contributed by atoms with Crippen molar-refractivity contribution in [2.75, 3.05) is 19.0 Å². The van der Waals surface area contributed by atoms with Crippen molar-refractivity contribution in [1.82, 2.24) is 4.90 Å². The van der Waals surface area contributed by atoms with Gasteiger partial charge in [0.15, 0.2) is 0 Å². The van der Waals surface area contributed by atoms with Crippen LogP contribution in [0.25, 0.3) is 11.1 Å². The Morgan fingerprint density at radius 2 is 1.54 bits per heavy atom. The zero-order valence-corrected chi connectivity index (χ0v) is 22.7. The summed E-state index contributed by atoms with van der Waals surface area (Å²) in [5, 5.41) is 3.34. The molecular weight excluding hydrogens is 464 g/mol. The van der Waals surface area contributed by atoms with E-state index in [-0.39, 0.29) is 18.1 Å². The lowest BCUT2D eigenvalue weighted by Gasteiger charge is -2.27. The Labute approximate surface area is 220 Å². The second kappa shape index (κ2) is 12.4. The molecule has 0 aliphatic rings. The van der Waals surface area contributed by atoms with Gasteiger partial charge in [-0.05, 0) is 75.4 Å². The van der Waals surface area contributed by atoms with Crippen LogP contribution >= 0.6 is 0 Å². The van der Waals surface area contributed by atoms with E-state index in [0.717, 1.165) is 27.9 Å². The number of ether oxygens (including phenoxy) is 2. The largest absolute Gasteiger partial charge is 0.465 e. The van der Waals surface area contributed by atoms with Crippen LogP contribution in [0, 0.1) is 0 Å². The van der Waals surface area contributed by atoms with Gasteiger partial charge in [0.1, 0.15) is 5.60 Å². The normalized spacial score (nSPS) is 11.2. The molecular formula is C31H38N2O4. The number of hydrogen-bond donors (Lipinski definition) is 1. The molecule has 0 heterocycles. The molecule has 3 aromatic carbocycles. The lowest BCUT2D eigenvalue weighted by atomic mass is 10.00. The van der Waals surface area contributed by atoms with E-state index >= 15 is 0 Å². The highest BCUT2D eigenvalue weighted by Crippen LogP contribution is 2.27. The number of nitrogens with zero attached hydrogens (tertiary/aromatic N) is 1. The molecule has 0 saturated heterocycles. The van der Waals surface area contributed by atoms with Gasteiger partial charge >= 0.3 is 12.1 Å². The van der Waals surface area contributed by atoms with Gasteiger partial charge in [0.2, 0.25) is 0 Å². The summed E-state index contributed by atoms with van der Waals surface area (Å²) in [6, 6.07) is 24.1. The SMILES string of the molecule is COC(=O)c1ccc(-c2ccc(CCN(Cc3ccccc3)C(=O)OC(C)(C)C)cc2)cc1NC(C)C. The minimum atomic E-state index is -0.555. The molecule has 0 spiro atoms. The van der Waals surface area contributed by atoms with E-state index in [9.17, 15) is 9.59 Å². The van der Waals surface area contributed by atoms with Crippen LogP contribution in [0.15, 0.2) is 72.8 Å². The van der Waals surface area contributed by atoms with Crippen LogP contribution in [0.3, 0.4) is 0 Å². The van der Waals surface area contributed by atoms with Crippen LogP contribution in [0.2, 0.25) is 0 Å². The van der Waals surface area contributed by atoms with Gasteiger partial charge in [-0.25, -0.2) is 9.59 Å². The van der Waals surface area contributed by atoms with Gasteiger partial charge in [0.25, 0.3) is 0 Å². The number of esters is 1. The highest BCUT2D eigenvalue weighted by molar-refractivity contribution is 5.96. The van der Waals surface area contributed by atoms with Gasteiger partial charge in [-0.2, -0.15) is 0 Å². The first-order chi connectivity index (χ1) is 17.6. The van der Waals surface area contributed by atoms with Crippen LogP contribution in [0.1, 0.15) is 56.1 Å². The quantitative estimate of drug-likeness (QED) is 0.321. The van der Waals surface area contributed by atoms with Crippen molar-refractivity contribution < 1.29 is 19.1 Å². The molecule has 0 aliphatic carbocycles. The Bertz CT molecular complexity index is 1180. The van der Waals surface area contributed by atoms with E-state index in [1.165, 1.54) is 7.11 Å². The highest BCUT2D eigenvalue weighted by atomic mass is 16.6. The van der Waals surface area contributed by atoms with Gasteiger partial charge in [0, 0.05) is 24.8 Å². The van der Waals surface area contributed by atoms with Gasteiger partial charge < -0.3 is 19.7 Å². The lowest BCUT2D eigenvalue weighted by molar-refractivity contribution is 0.0235. The van der Waals surface area contributed by atoms with Crippen LogP contribution in [-0.4, -0.2) is 42.3 Å². The number of carbonyl (C=O) groups is 2. The summed E-state index contributed by atoms with van der Waals surface area (Å²) in [6.45, 7) is 10.7. The van der Waals surface area contributed by atoms with E-state index in [2.05, 4.69) is 29.6 Å². The molecule has 3 rings (SSSR count). The molecule has 1 N–H and O–H groups in total. The maximum Gasteiger partial charge on any atom is 0.410 e. The fourth-order valence-corrected chi connectivity index (χ4v) is 3.94. The van der Waals surface area contributed by atoms with Crippen molar-refractivity contribution in [1.29, 1.82) is 0 Å². The number of methoxy groups -OCH3 is 1. The molecule has 196 valence electrons. The van der Waals surface area contributed by atoms with Crippen molar-refractivity contribution >= 4 is 17.7 Å². The minimum Gasteiger partial charge on any atom is -0.465 e. The second-order valence-electron chi connectivity index (χ2n) is 10.4. The molecule has 0 aromatic heterocycles. The fraction of sp³-hybridized carbons (Fsp3) is 0.355. The molecule has 1 amide bonds. The summed E-state index contributed by atoms with van der Waals surface area (Å²) in [5.74, 6) is -0.366. The lowest BCUT2D eigenvalue weighted by Crippen LogP contribution is -2.37. The van der Waals surface area contributed by atoms with Crippen LogP contribution in [0.4, 0.5) is 10.5 Å². The van der Waals surface area contributed by atoms with Gasteiger partial charge in [-0.1, -0.05) is 60.7 Å². The maximum atomic E-state index is 12.9. The van der Waals surface area contributed by atoms with Crippen molar-refractivity contribution in [3.8, 4) is 11.1 Å². The number of anilines is 1. The summed E-state index contributed by atoms with van der Waals surface area (Å²) in [6.07, 6.45) is 0.386. The minimum absolute atomic E-state index is 0.171. The van der Waals surface area contributed by atoms with Crippen molar-refractivity contribution in [2.24, 2.45) is 0 Å². The highest BCUT2D eigenvalue weighted by Gasteiger charge is 2.22. The number of carbonyl (C=O) groups excluding carboxylic acids is 2. The van der Waals surface area contributed by atoms with E-state index in [0.29, 0.717) is 25.1 Å². The molecule has 0 aliphatic heterocycles. The summed E-state index contributed by atoms with van der Waals surface area (Å²) in [7, 11) is 1.39. The van der Waals surface area contributed by atoms with Gasteiger partial charge in [-0.15, -0.1) is 0 Å². The number of nitrogens with one attached hydrogen (secondary N) is 1. The first-order valence-corrected chi connectivity index (χ1v) is 12.7. The summed E-state index contributed by atoms with van der Waals surface area (Å²) in [5.41, 5.74) is 4.93. The standard InChI is InChI=1S/C31H38N2O4/c1-22(2)32-28-20-26(16-17-27(28)29(34)36-6)25-14-12-23(13-15-25)18-19-33(30(35)37-31(3,4)5)21-24-10-8-7-9-11-24/h7-17,20,22,32H,18-19,21H2,1-6H3. The molecule has 37 heavy (non-hydrogen) atoms. The Morgan fingerprint density at radius 3 is 2.14 bits per heavy atom. The molecule has 0 atom stereocenters. The molecule has 6 nitrogen and oxygen atoms in total. The summed E-state index contributed by atoms with van der Waals surface area (Å²) >= 11 is 0. The Morgan fingerprint density at radius 1 is 0.892 bits per heavy atom. The third-order valence-corrected chi connectivity index (χ3v) is 5.69. The average Bonchev–Trinajstić information content (AvgIpc) is 2.85. The van der Waals surface area contributed by atoms with Crippen molar-refractivity contribution in [3.05, 3.63) is 89.5 Å². The van der Waals surface area contributed by atoms with Crippen LogP contribution < -0.4 is 5.32 Å². The third kappa shape index (κ3) is 8.38. The molecule has 0 saturated carbocycles. The smallest absolute Gasteiger partial charge is 0.410 e. The fourth-order valence-electron chi connectivity index (χ4n) is 3.94. The molecule has 3 aromatic rings. The molecule has 0 radical (unpaired) electrons. The average molecular weight is 503 g/mol.